The van der Waals surface area contributed by atoms with Gasteiger partial charge in [-0.15, -0.1) is 0 Å². The van der Waals surface area contributed by atoms with E-state index in [2.05, 4.69) is 124 Å². The molecular formula is C32H42O2Si2. The lowest BCUT2D eigenvalue weighted by molar-refractivity contribution is -0.143. The quantitative estimate of drug-likeness (QED) is 0.204. The summed E-state index contributed by atoms with van der Waals surface area (Å²) in [6.07, 6.45) is 3.12. The van der Waals surface area contributed by atoms with Gasteiger partial charge in [0.25, 0.3) is 0 Å². The number of cyclic esters (lactones) is 1. The summed E-state index contributed by atoms with van der Waals surface area (Å²) in [4.78, 5) is 13.5. The Morgan fingerprint density at radius 2 is 1.28 bits per heavy atom. The van der Waals surface area contributed by atoms with E-state index < -0.39 is 16.1 Å². The number of hydrogen-bond donors (Lipinski definition) is 0. The van der Waals surface area contributed by atoms with Gasteiger partial charge in [-0.1, -0.05) is 142 Å². The lowest BCUT2D eigenvalue weighted by Gasteiger charge is -2.43. The Hall–Kier alpha value is -2.44. The first kappa shape index (κ1) is 26.6. The van der Waals surface area contributed by atoms with E-state index in [0.29, 0.717) is 5.54 Å². The monoisotopic (exact) mass is 514 g/mol. The second kappa shape index (κ2) is 11.3. The highest BCUT2D eigenvalue weighted by Crippen LogP contribution is 2.52. The number of hydrogen-bond acceptors (Lipinski definition) is 2. The van der Waals surface area contributed by atoms with E-state index in [-0.39, 0.29) is 23.5 Å². The smallest absolute Gasteiger partial charge is 0.309 e. The molecule has 1 fully saturated rings. The fourth-order valence-corrected chi connectivity index (χ4v) is 14.5. The van der Waals surface area contributed by atoms with Crippen molar-refractivity contribution < 1.29 is 9.53 Å². The van der Waals surface area contributed by atoms with Crippen LogP contribution in [0.4, 0.5) is 0 Å². The van der Waals surface area contributed by atoms with Crippen LogP contribution < -0.4 is 5.19 Å². The van der Waals surface area contributed by atoms with E-state index in [9.17, 15) is 4.79 Å². The highest BCUT2D eigenvalue weighted by Gasteiger charge is 2.56. The van der Waals surface area contributed by atoms with Gasteiger partial charge in [0.2, 0.25) is 0 Å². The lowest BCUT2D eigenvalue weighted by atomic mass is 9.98. The third-order valence-electron chi connectivity index (χ3n) is 8.41. The first-order valence-corrected chi connectivity index (χ1v) is 20.0. The van der Waals surface area contributed by atoms with E-state index in [0.717, 1.165) is 25.3 Å². The Bertz CT molecular complexity index is 1070. The third-order valence-corrected chi connectivity index (χ3v) is 16.4. The van der Waals surface area contributed by atoms with Gasteiger partial charge >= 0.3 is 5.97 Å². The molecule has 0 amide bonds. The summed E-state index contributed by atoms with van der Waals surface area (Å²) in [5, 5.41) is 1.44. The van der Waals surface area contributed by atoms with Gasteiger partial charge in [0, 0.05) is 11.1 Å². The molecule has 1 aliphatic rings. The lowest BCUT2D eigenvalue weighted by Crippen LogP contribution is -2.50. The Morgan fingerprint density at radius 3 is 1.78 bits per heavy atom. The second-order valence-electron chi connectivity index (χ2n) is 11.8. The first-order chi connectivity index (χ1) is 17.3. The Kier molecular flexibility index (Phi) is 8.36. The van der Waals surface area contributed by atoms with Crippen molar-refractivity contribution in [2.24, 2.45) is 5.92 Å². The maximum absolute atomic E-state index is 13.5. The number of carbonyl (C=O) groups is 1. The maximum Gasteiger partial charge on any atom is 0.309 e. The summed E-state index contributed by atoms with van der Waals surface area (Å²) in [6, 6.07) is 33.9. The van der Waals surface area contributed by atoms with E-state index in [1.165, 1.54) is 16.3 Å². The fourth-order valence-electron chi connectivity index (χ4n) is 6.65. The molecule has 2 nitrogen and oxygen atoms in total. The molecule has 190 valence electrons. The average Bonchev–Trinajstić information content (AvgIpc) is 3.19. The molecule has 0 bridgehead atoms. The van der Waals surface area contributed by atoms with Crippen molar-refractivity contribution in [3.8, 4) is 0 Å². The van der Waals surface area contributed by atoms with Crippen LogP contribution in [0.3, 0.4) is 0 Å². The fraction of sp³-hybridized carbons (Fsp3) is 0.406. The Labute approximate surface area is 220 Å². The highest BCUT2D eigenvalue weighted by atomic mass is 28.3. The molecule has 0 saturated carbocycles. The molecule has 1 saturated heterocycles. The molecule has 3 aromatic rings. The molecule has 4 rings (SSSR count). The zero-order chi connectivity index (χ0) is 25.8. The number of ether oxygens (including phenoxy) is 1. The van der Waals surface area contributed by atoms with Gasteiger partial charge in [0.15, 0.2) is 0 Å². The molecule has 3 atom stereocenters. The van der Waals surface area contributed by atoms with E-state index in [1.54, 1.807) is 0 Å². The molecular weight excluding hydrogens is 473 g/mol. The zero-order valence-corrected chi connectivity index (χ0v) is 24.6. The van der Waals surface area contributed by atoms with Gasteiger partial charge in [0.1, 0.15) is 6.10 Å². The van der Waals surface area contributed by atoms with Crippen LogP contribution in [0.2, 0.25) is 37.8 Å². The number of rotatable bonds is 10. The minimum absolute atomic E-state index is 0.00202. The predicted octanol–water partition coefficient (Wildman–Crippen LogP) is 7.78. The molecule has 0 N–H and O–H groups in total. The Morgan fingerprint density at radius 1 is 0.778 bits per heavy atom. The standard InChI is InChI=1S/C32H42O2Si2/c1-6-7-23-28-31(29(34-32(28)33)24-35(2,3)27-21-15-10-16-22-27)36(4,5)30(25-17-11-8-12-18-25)26-19-13-9-14-20-26/h8-22,28-31H,6-7,23-24H2,1-5H3/t28-,29+,31-/m1/s1. The van der Waals surface area contributed by atoms with Crippen molar-refractivity contribution in [2.75, 3.05) is 0 Å². The first-order valence-electron chi connectivity index (χ1n) is 13.6. The number of esters is 1. The summed E-state index contributed by atoms with van der Waals surface area (Å²) < 4.78 is 6.38. The molecule has 0 aliphatic carbocycles. The van der Waals surface area contributed by atoms with Crippen molar-refractivity contribution in [1.82, 2.24) is 0 Å². The summed E-state index contributed by atoms with van der Waals surface area (Å²) >= 11 is 0. The van der Waals surface area contributed by atoms with Crippen molar-refractivity contribution in [3.05, 3.63) is 102 Å². The van der Waals surface area contributed by atoms with Crippen molar-refractivity contribution >= 4 is 27.3 Å². The highest BCUT2D eigenvalue weighted by molar-refractivity contribution is 6.90. The summed E-state index contributed by atoms with van der Waals surface area (Å²) in [6.45, 7) is 12.1. The topological polar surface area (TPSA) is 26.3 Å². The van der Waals surface area contributed by atoms with Crippen molar-refractivity contribution in [3.63, 3.8) is 0 Å². The van der Waals surface area contributed by atoms with Gasteiger partial charge < -0.3 is 4.74 Å². The van der Waals surface area contributed by atoms with Crippen LogP contribution in [0.15, 0.2) is 91.0 Å². The van der Waals surface area contributed by atoms with Gasteiger partial charge in [0.05, 0.1) is 22.1 Å². The minimum Gasteiger partial charge on any atom is -0.462 e. The number of unbranched alkanes of at least 4 members (excludes halogenated alkanes) is 1. The zero-order valence-electron chi connectivity index (χ0n) is 22.6. The normalized spacial score (nSPS) is 20.5. The maximum atomic E-state index is 13.5. The van der Waals surface area contributed by atoms with Crippen LogP contribution in [0, 0.1) is 5.92 Å². The molecule has 36 heavy (non-hydrogen) atoms. The van der Waals surface area contributed by atoms with Crippen molar-refractivity contribution in [2.45, 2.75) is 75.6 Å². The van der Waals surface area contributed by atoms with E-state index >= 15 is 0 Å². The summed E-state index contributed by atoms with van der Waals surface area (Å²) in [5.41, 5.74) is 3.34. The van der Waals surface area contributed by atoms with Gasteiger partial charge in [-0.25, -0.2) is 0 Å². The molecule has 0 unspecified atom stereocenters. The molecule has 4 heteroatoms. The van der Waals surface area contributed by atoms with Gasteiger partial charge in [-0.2, -0.15) is 0 Å². The SMILES string of the molecule is CCCC[C@H]1C(=O)O[C@@H](C[Si](C)(C)c2ccccc2)[C@@H]1[Si](C)(C)C(c1ccccc1)c1ccccc1. The minimum atomic E-state index is -2.12. The van der Waals surface area contributed by atoms with Crippen LogP contribution in [0.5, 0.6) is 0 Å². The van der Waals surface area contributed by atoms with Gasteiger partial charge in [-0.05, 0) is 23.6 Å². The van der Waals surface area contributed by atoms with Crippen LogP contribution in [0.1, 0.15) is 42.9 Å². The van der Waals surface area contributed by atoms with Gasteiger partial charge in [-0.3, -0.25) is 4.79 Å². The van der Waals surface area contributed by atoms with E-state index in [4.69, 9.17) is 4.74 Å². The Balaban J connectivity index is 1.78. The summed E-state index contributed by atoms with van der Waals surface area (Å²) in [5.74, 6) is 0.0591. The number of carbonyl (C=O) groups excluding carboxylic acids is 1. The average molecular weight is 515 g/mol. The predicted molar refractivity (Wildman–Crippen MR) is 157 cm³/mol. The largest absolute Gasteiger partial charge is 0.462 e. The molecule has 1 heterocycles. The molecule has 3 aromatic carbocycles. The van der Waals surface area contributed by atoms with Crippen LogP contribution >= 0.6 is 0 Å². The molecule has 0 spiro atoms. The molecule has 1 aliphatic heterocycles. The molecule has 0 aromatic heterocycles. The second-order valence-corrected chi connectivity index (χ2v) is 21.4. The van der Waals surface area contributed by atoms with Crippen molar-refractivity contribution in [1.29, 1.82) is 0 Å². The van der Waals surface area contributed by atoms with E-state index in [1.807, 2.05) is 0 Å². The third kappa shape index (κ3) is 5.60. The van der Waals surface area contributed by atoms with Crippen LogP contribution in [-0.2, 0) is 9.53 Å². The summed E-state index contributed by atoms with van der Waals surface area (Å²) in [7, 11) is -3.93. The number of benzene rings is 3. The molecule has 0 radical (unpaired) electrons. The van der Waals surface area contributed by atoms with Crippen LogP contribution in [-0.4, -0.2) is 28.2 Å². The van der Waals surface area contributed by atoms with Crippen LogP contribution in [0.25, 0.3) is 0 Å².